The molecule has 0 atom stereocenters. The highest BCUT2D eigenvalue weighted by atomic mass is 32.2. The summed E-state index contributed by atoms with van der Waals surface area (Å²) in [5, 5.41) is 1.60. The van der Waals surface area contributed by atoms with Gasteiger partial charge in [0.25, 0.3) is 0 Å². The van der Waals surface area contributed by atoms with Crippen molar-refractivity contribution >= 4 is 22.5 Å². The molecule has 0 aliphatic carbocycles. The van der Waals surface area contributed by atoms with Gasteiger partial charge in [0, 0.05) is 10.8 Å². The SMILES string of the molecule is CC(C)SC(=Nc1ccccc1)c1ccccc1. The van der Waals surface area contributed by atoms with E-state index in [1.54, 1.807) is 11.8 Å². The Morgan fingerprint density at radius 1 is 0.889 bits per heavy atom. The molecule has 2 aromatic rings. The monoisotopic (exact) mass is 255 g/mol. The second kappa shape index (κ2) is 6.41. The highest BCUT2D eigenvalue weighted by Crippen LogP contribution is 2.22. The summed E-state index contributed by atoms with van der Waals surface area (Å²) >= 11 is 1.80. The summed E-state index contributed by atoms with van der Waals surface area (Å²) in [6.07, 6.45) is 0. The molecule has 0 fully saturated rings. The molecule has 92 valence electrons. The number of hydrogen-bond acceptors (Lipinski definition) is 2. The fraction of sp³-hybridized carbons (Fsp3) is 0.188. The van der Waals surface area contributed by atoms with E-state index in [4.69, 9.17) is 4.99 Å². The van der Waals surface area contributed by atoms with Crippen LogP contribution >= 0.6 is 11.8 Å². The lowest BCUT2D eigenvalue weighted by atomic mass is 10.2. The van der Waals surface area contributed by atoms with Gasteiger partial charge in [-0.05, 0) is 12.1 Å². The average molecular weight is 255 g/mol. The van der Waals surface area contributed by atoms with Crippen molar-refractivity contribution in [2.45, 2.75) is 19.1 Å². The van der Waals surface area contributed by atoms with Crippen LogP contribution in [-0.2, 0) is 0 Å². The Morgan fingerprint density at radius 2 is 1.44 bits per heavy atom. The van der Waals surface area contributed by atoms with Gasteiger partial charge in [0.2, 0.25) is 0 Å². The normalized spacial score (nSPS) is 11.8. The lowest BCUT2D eigenvalue weighted by molar-refractivity contribution is 1.12. The molecule has 0 amide bonds. The van der Waals surface area contributed by atoms with Crippen molar-refractivity contribution in [1.29, 1.82) is 0 Å². The zero-order chi connectivity index (χ0) is 12.8. The smallest absolute Gasteiger partial charge is 0.104 e. The van der Waals surface area contributed by atoms with Crippen LogP contribution in [0.3, 0.4) is 0 Å². The van der Waals surface area contributed by atoms with E-state index in [-0.39, 0.29) is 0 Å². The second-order valence-corrected chi connectivity index (χ2v) is 5.85. The van der Waals surface area contributed by atoms with Gasteiger partial charge in [0.05, 0.1) is 5.69 Å². The minimum absolute atomic E-state index is 0.521. The van der Waals surface area contributed by atoms with Crippen LogP contribution in [0.25, 0.3) is 0 Å². The molecule has 2 rings (SSSR count). The third-order valence-corrected chi connectivity index (χ3v) is 3.38. The van der Waals surface area contributed by atoms with E-state index >= 15 is 0 Å². The standard InChI is InChI=1S/C16H17NS/c1-13(2)18-16(14-9-5-3-6-10-14)17-15-11-7-4-8-12-15/h3-13H,1-2H3. The molecule has 0 saturated carbocycles. The largest absolute Gasteiger partial charge is 0.241 e. The van der Waals surface area contributed by atoms with E-state index < -0.39 is 0 Å². The Labute approximate surface area is 113 Å². The molecule has 0 spiro atoms. The van der Waals surface area contributed by atoms with Gasteiger partial charge in [-0.2, -0.15) is 0 Å². The van der Waals surface area contributed by atoms with Gasteiger partial charge in [-0.1, -0.05) is 62.4 Å². The van der Waals surface area contributed by atoms with Crippen LogP contribution in [0.5, 0.6) is 0 Å². The van der Waals surface area contributed by atoms with Crippen LogP contribution in [0.1, 0.15) is 19.4 Å². The number of thioether (sulfide) groups is 1. The molecule has 0 unspecified atom stereocenters. The highest BCUT2D eigenvalue weighted by Gasteiger charge is 2.06. The van der Waals surface area contributed by atoms with Gasteiger partial charge in [-0.25, -0.2) is 4.99 Å². The summed E-state index contributed by atoms with van der Waals surface area (Å²) in [4.78, 5) is 4.75. The second-order valence-electron chi connectivity index (χ2n) is 4.29. The number of aliphatic imine (C=N–C) groups is 1. The maximum absolute atomic E-state index is 4.75. The zero-order valence-electron chi connectivity index (χ0n) is 10.7. The molecular formula is C16H17NS. The Kier molecular flexibility index (Phi) is 4.59. The summed E-state index contributed by atoms with van der Waals surface area (Å²) in [6, 6.07) is 20.5. The Hall–Kier alpha value is -1.54. The van der Waals surface area contributed by atoms with Crippen LogP contribution < -0.4 is 0 Å². The minimum Gasteiger partial charge on any atom is -0.241 e. The minimum atomic E-state index is 0.521. The van der Waals surface area contributed by atoms with Gasteiger partial charge in [-0.15, -0.1) is 11.8 Å². The predicted octanol–water partition coefficient (Wildman–Crippen LogP) is 4.91. The first-order valence-electron chi connectivity index (χ1n) is 6.11. The van der Waals surface area contributed by atoms with Gasteiger partial charge in [0.15, 0.2) is 0 Å². The molecule has 0 N–H and O–H groups in total. The fourth-order valence-electron chi connectivity index (χ4n) is 1.58. The number of rotatable bonds is 3. The molecule has 1 nitrogen and oxygen atoms in total. The van der Waals surface area contributed by atoms with E-state index in [0.717, 1.165) is 10.7 Å². The molecule has 0 bridgehead atoms. The zero-order valence-corrected chi connectivity index (χ0v) is 11.5. The summed E-state index contributed by atoms with van der Waals surface area (Å²) < 4.78 is 0. The number of benzene rings is 2. The number of hydrogen-bond donors (Lipinski definition) is 0. The van der Waals surface area contributed by atoms with Crippen LogP contribution in [0.4, 0.5) is 5.69 Å². The van der Waals surface area contributed by atoms with Crippen molar-refractivity contribution in [3.05, 3.63) is 66.2 Å². The van der Waals surface area contributed by atoms with E-state index in [1.807, 2.05) is 36.4 Å². The van der Waals surface area contributed by atoms with E-state index in [0.29, 0.717) is 5.25 Å². The Morgan fingerprint density at radius 3 is 2.00 bits per heavy atom. The van der Waals surface area contributed by atoms with Crippen LogP contribution in [-0.4, -0.2) is 10.3 Å². The Bertz CT molecular complexity index is 503. The molecule has 0 saturated heterocycles. The van der Waals surface area contributed by atoms with E-state index in [1.165, 1.54) is 5.56 Å². The predicted molar refractivity (Wildman–Crippen MR) is 81.8 cm³/mol. The van der Waals surface area contributed by atoms with Crippen LogP contribution in [0.15, 0.2) is 65.7 Å². The third kappa shape index (κ3) is 3.74. The Balaban J connectivity index is 2.34. The quantitative estimate of drug-likeness (QED) is 0.561. The van der Waals surface area contributed by atoms with E-state index in [9.17, 15) is 0 Å². The van der Waals surface area contributed by atoms with Crippen molar-refractivity contribution in [1.82, 2.24) is 0 Å². The first-order valence-corrected chi connectivity index (χ1v) is 6.99. The van der Waals surface area contributed by atoms with Gasteiger partial charge < -0.3 is 0 Å². The molecule has 2 heteroatoms. The van der Waals surface area contributed by atoms with Crippen LogP contribution in [0.2, 0.25) is 0 Å². The molecule has 18 heavy (non-hydrogen) atoms. The molecule has 0 aliphatic heterocycles. The first-order chi connectivity index (χ1) is 8.75. The number of para-hydroxylation sites is 1. The molecule has 0 radical (unpaired) electrons. The molecule has 0 heterocycles. The fourth-order valence-corrected chi connectivity index (χ4v) is 2.46. The third-order valence-electron chi connectivity index (χ3n) is 2.35. The molecule has 2 aromatic carbocycles. The highest BCUT2D eigenvalue weighted by molar-refractivity contribution is 8.14. The van der Waals surface area contributed by atoms with Crippen molar-refractivity contribution in [3.63, 3.8) is 0 Å². The summed E-state index contributed by atoms with van der Waals surface area (Å²) in [7, 11) is 0. The van der Waals surface area contributed by atoms with Crippen molar-refractivity contribution < 1.29 is 0 Å². The molecule has 0 aromatic heterocycles. The summed E-state index contributed by atoms with van der Waals surface area (Å²) in [6.45, 7) is 4.38. The summed E-state index contributed by atoms with van der Waals surface area (Å²) in [5.74, 6) is 0. The van der Waals surface area contributed by atoms with Gasteiger partial charge in [0.1, 0.15) is 5.04 Å². The number of nitrogens with zero attached hydrogens (tertiary/aromatic N) is 1. The van der Waals surface area contributed by atoms with Gasteiger partial charge in [-0.3, -0.25) is 0 Å². The van der Waals surface area contributed by atoms with E-state index in [2.05, 4.69) is 38.1 Å². The maximum atomic E-state index is 4.75. The first kappa shape index (κ1) is 12.9. The molecular weight excluding hydrogens is 238 g/mol. The lowest BCUT2D eigenvalue weighted by Gasteiger charge is -2.09. The average Bonchev–Trinajstić information content (AvgIpc) is 2.40. The van der Waals surface area contributed by atoms with Crippen molar-refractivity contribution in [3.8, 4) is 0 Å². The summed E-state index contributed by atoms with van der Waals surface area (Å²) in [5.41, 5.74) is 2.18. The van der Waals surface area contributed by atoms with Crippen molar-refractivity contribution in [2.24, 2.45) is 4.99 Å². The van der Waals surface area contributed by atoms with Gasteiger partial charge >= 0.3 is 0 Å². The topological polar surface area (TPSA) is 12.4 Å². The van der Waals surface area contributed by atoms with Crippen molar-refractivity contribution in [2.75, 3.05) is 0 Å². The maximum Gasteiger partial charge on any atom is 0.104 e. The molecule has 0 aliphatic rings. The van der Waals surface area contributed by atoms with Crippen LogP contribution in [0, 0.1) is 0 Å². The lowest BCUT2D eigenvalue weighted by Crippen LogP contribution is -2.00.